The van der Waals surface area contributed by atoms with Crippen LogP contribution in [-0.2, 0) is 28.8 Å². The minimum Gasteiger partial charge on any atom is -0.481 e. The van der Waals surface area contributed by atoms with Gasteiger partial charge in [-0.1, -0.05) is 0 Å². The maximum Gasteiger partial charge on any atom is 0.322 e. The number of hydrogen-bond donors (Lipinski definition) is 8. The highest BCUT2D eigenvalue weighted by Gasteiger charge is 2.29. The summed E-state index contributed by atoms with van der Waals surface area (Å²) in [6.07, 6.45) is -1.01. The molecule has 0 spiro atoms. The van der Waals surface area contributed by atoms with Crippen LogP contribution >= 0.6 is 12.6 Å². The Labute approximate surface area is 165 Å². The van der Waals surface area contributed by atoms with Crippen LogP contribution < -0.4 is 27.4 Å². The van der Waals surface area contributed by atoms with Gasteiger partial charge in [0.1, 0.15) is 18.6 Å². The molecule has 0 bridgehead atoms. The summed E-state index contributed by atoms with van der Waals surface area (Å²) in [6, 6.07) is -3.97. The standard InChI is InChI=1S/C14H23N5O8S/c15-6(1-2-9(16)20)12(25)19-8(5-28)14(27)18-7(3-10(21)22)13(26)17-4-11(23)24/h6-8,28H,1-5,15H2,(H2,16,20)(H,17,26)(H,18,27)(H,19,25)(H,21,22)(H,23,24). The molecule has 3 unspecified atom stereocenters. The first-order valence-corrected chi connectivity index (χ1v) is 8.57. The molecule has 3 atom stereocenters. The number of primary amides is 1. The quantitative estimate of drug-likeness (QED) is 0.136. The normalized spacial score (nSPS) is 13.5. The van der Waals surface area contributed by atoms with Gasteiger partial charge in [-0.25, -0.2) is 0 Å². The van der Waals surface area contributed by atoms with Crippen molar-refractivity contribution in [1.29, 1.82) is 0 Å². The molecule has 14 heteroatoms. The summed E-state index contributed by atoms with van der Waals surface area (Å²) in [5, 5.41) is 23.7. The Hall–Kier alpha value is -2.87. The highest BCUT2D eigenvalue weighted by Crippen LogP contribution is 1.99. The van der Waals surface area contributed by atoms with Crippen molar-refractivity contribution >= 4 is 48.2 Å². The van der Waals surface area contributed by atoms with Crippen LogP contribution in [0, 0.1) is 0 Å². The van der Waals surface area contributed by atoms with Crippen LogP contribution in [0.5, 0.6) is 0 Å². The number of amides is 4. The van der Waals surface area contributed by atoms with Gasteiger partial charge in [-0.15, -0.1) is 0 Å². The van der Waals surface area contributed by atoms with Crippen molar-refractivity contribution in [2.45, 2.75) is 37.4 Å². The third kappa shape index (κ3) is 10.3. The third-order valence-electron chi connectivity index (χ3n) is 3.28. The van der Waals surface area contributed by atoms with Crippen molar-refractivity contribution in [3.8, 4) is 0 Å². The van der Waals surface area contributed by atoms with Gasteiger partial charge in [0.25, 0.3) is 0 Å². The van der Waals surface area contributed by atoms with Gasteiger partial charge in [-0.3, -0.25) is 28.8 Å². The molecule has 28 heavy (non-hydrogen) atoms. The second-order valence-corrected chi connectivity index (χ2v) is 5.99. The fourth-order valence-corrected chi connectivity index (χ4v) is 2.10. The van der Waals surface area contributed by atoms with Crippen molar-refractivity contribution in [2.75, 3.05) is 12.3 Å². The van der Waals surface area contributed by atoms with E-state index < -0.39 is 66.7 Å². The number of hydrogen-bond acceptors (Lipinski definition) is 8. The number of carbonyl (C=O) groups is 6. The first kappa shape index (κ1) is 25.1. The van der Waals surface area contributed by atoms with E-state index in [1.807, 2.05) is 5.32 Å². The van der Waals surface area contributed by atoms with Gasteiger partial charge in [0.2, 0.25) is 23.6 Å². The van der Waals surface area contributed by atoms with Crippen LogP contribution in [0.2, 0.25) is 0 Å². The number of nitrogens with one attached hydrogen (secondary N) is 3. The largest absolute Gasteiger partial charge is 0.481 e. The molecule has 158 valence electrons. The Morgan fingerprint density at radius 3 is 1.93 bits per heavy atom. The molecule has 9 N–H and O–H groups in total. The number of carbonyl (C=O) groups excluding carboxylic acids is 4. The average molecular weight is 421 g/mol. The summed E-state index contributed by atoms with van der Waals surface area (Å²) in [6.45, 7) is -0.772. The van der Waals surface area contributed by atoms with E-state index in [2.05, 4.69) is 23.3 Å². The topological polar surface area (TPSA) is 231 Å². The molecule has 0 aliphatic carbocycles. The fourth-order valence-electron chi connectivity index (χ4n) is 1.84. The Bertz CT molecular complexity index is 629. The highest BCUT2D eigenvalue weighted by atomic mass is 32.1. The van der Waals surface area contributed by atoms with E-state index in [-0.39, 0.29) is 18.6 Å². The first-order valence-electron chi connectivity index (χ1n) is 7.94. The molecule has 0 saturated carbocycles. The van der Waals surface area contributed by atoms with E-state index in [0.29, 0.717) is 0 Å². The summed E-state index contributed by atoms with van der Waals surface area (Å²) in [7, 11) is 0. The SMILES string of the molecule is NC(=O)CCC(N)C(=O)NC(CS)C(=O)NC(CC(=O)O)C(=O)NCC(=O)O. The number of carboxylic acid groups (broad SMARTS) is 2. The molecule has 13 nitrogen and oxygen atoms in total. The van der Waals surface area contributed by atoms with Crippen LogP contribution in [0.15, 0.2) is 0 Å². The van der Waals surface area contributed by atoms with Crippen molar-refractivity contribution in [3.05, 3.63) is 0 Å². The average Bonchev–Trinajstić information content (AvgIpc) is 2.60. The van der Waals surface area contributed by atoms with Gasteiger partial charge in [0, 0.05) is 12.2 Å². The Kier molecular flexibility index (Phi) is 11.2. The summed E-state index contributed by atoms with van der Waals surface area (Å²) in [5.41, 5.74) is 10.5. The molecule has 0 heterocycles. The molecule has 0 aromatic carbocycles. The molecule has 0 aliphatic rings. The van der Waals surface area contributed by atoms with E-state index in [9.17, 15) is 28.8 Å². The number of carboxylic acids is 2. The number of thiol groups is 1. The summed E-state index contributed by atoms with van der Waals surface area (Å²) < 4.78 is 0. The molecular weight excluding hydrogens is 398 g/mol. The van der Waals surface area contributed by atoms with Gasteiger partial charge in [0.15, 0.2) is 0 Å². The molecule has 0 saturated heterocycles. The van der Waals surface area contributed by atoms with Gasteiger partial charge in [-0.05, 0) is 6.42 Å². The van der Waals surface area contributed by atoms with Crippen LogP contribution in [-0.4, -0.2) is 76.2 Å². The second kappa shape index (κ2) is 12.5. The smallest absolute Gasteiger partial charge is 0.322 e. The third-order valence-corrected chi connectivity index (χ3v) is 3.64. The molecular formula is C14H23N5O8S. The minimum absolute atomic E-state index is 0.0543. The zero-order chi connectivity index (χ0) is 21.9. The lowest BCUT2D eigenvalue weighted by molar-refractivity contribution is -0.141. The summed E-state index contributed by atoms with van der Waals surface area (Å²) in [5.74, 6) is -6.38. The highest BCUT2D eigenvalue weighted by molar-refractivity contribution is 7.80. The Morgan fingerprint density at radius 2 is 1.46 bits per heavy atom. The Balaban J connectivity index is 4.96. The van der Waals surface area contributed by atoms with Crippen LogP contribution in [0.1, 0.15) is 19.3 Å². The zero-order valence-corrected chi connectivity index (χ0v) is 15.6. The van der Waals surface area contributed by atoms with E-state index >= 15 is 0 Å². The first-order chi connectivity index (χ1) is 13.0. The van der Waals surface area contributed by atoms with Gasteiger partial charge in [0.05, 0.1) is 12.5 Å². The predicted molar refractivity (Wildman–Crippen MR) is 97.0 cm³/mol. The number of rotatable bonds is 13. The summed E-state index contributed by atoms with van der Waals surface area (Å²) in [4.78, 5) is 68.2. The maximum atomic E-state index is 12.3. The minimum atomic E-state index is -1.58. The van der Waals surface area contributed by atoms with Crippen LogP contribution in [0.3, 0.4) is 0 Å². The van der Waals surface area contributed by atoms with E-state index in [4.69, 9.17) is 21.7 Å². The lowest BCUT2D eigenvalue weighted by atomic mass is 10.1. The molecule has 0 rings (SSSR count). The van der Waals surface area contributed by atoms with Crippen molar-refractivity contribution in [3.63, 3.8) is 0 Å². The number of nitrogens with two attached hydrogens (primary N) is 2. The molecule has 0 aromatic rings. The van der Waals surface area contributed by atoms with Crippen LogP contribution in [0.4, 0.5) is 0 Å². The maximum absolute atomic E-state index is 12.3. The van der Waals surface area contributed by atoms with Crippen LogP contribution in [0.25, 0.3) is 0 Å². The molecule has 0 fully saturated rings. The number of aliphatic carboxylic acids is 2. The second-order valence-electron chi connectivity index (χ2n) is 5.63. The van der Waals surface area contributed by atoms with Gasteiger partial charge in [-0.2, -0.15) is 12.6 Å². The predicted octanol–water partition coefficient (Wildman–Crippen LogP) is -3.85. The van der Waals surface area contributed by atoms with Gasteiger partial charge < -0.3 is 37.6 Å². The molecule has 0 aromatic heterocycles. The Morgan fingerprint density at radius 1 is 0.893 bits per heavy atom. The van der Waals surface area contributed by atoms with Crippen molar-refractivity contribution in [1.82, 2.24) is 16.0 Å². The van der Waals surface area contributed by atoms with E-state index in [1.54, 1.807) is 0 Å². The lowest BCUT2D eigenvalue weighted by Crippen LogP contribution is -2.57. The van der Waals surface area contributed by atoms with E-state index in [1.165, 1.54) is 0 Å². The molecule has 4 amide bonds. The van der Waals surface area contributed by atoms with Gasteiger partial charge >= 0.3 is 11.9 Å². The molecule has 0 aliphatic heterocycles. The molecule has 0 radical (unpaired) electrons. The van der Waals surface area contributed by atoms with Crippen molar-refractivity contribution < 1.29 is 39.0 Å². The lowest BCUT2D eigenvalue weighted by Gasteiger charge is -2.22. The van der Waals surface area contributed by atoms with E-state index in [0.717, 1.165) is 0 Å². The summed E-state index contributed by atoms with van der Waals surface area (Å²) >= 11 is 3.91. The fraction of sp³-hybridized carbons (Fsp3) is 0.571. The van der Waals surface area contributed by atoms with Crippen molar-refractivity contribution in [2.24, 2.45) is 11.5 Å². The zero-order valence-electron chi connectivity index (χ0n) is 14.7. The monoisotopic (exact) mass is 421 g/mol.